The lowest BCUT2D eigenvalue weighted by atomic mass is 9.96. The Morgan fingerprint density at radius 1 is 0.596 bits per heavy atom. The van der Waals surface area contributed by atoms with Crippen LogP contribution in [0.2, 0.25) is 0 Å². The minimum absolute atomic E-state index is 0.0269. The van der Waals surface area contributed by atoms with Gasteiger partial charge in [0, 0.05) is 35.1 Å². The molecule has 47 heavy (non-hydrogen) atoms. The second-order valence-corrected chi connectivity index (χ2v) is 9.82. The largest absolute Gasteiger partial charge is 0.493 e. The molecule has 0 saturated carbocycles. The van der Waals surface area contributed by atoms with Gasteiger partial charge in [0.2, 0.25) is 0 Å². The zero-order valence-corrected chi connectivity index (χ0v) is 25.5. The van der Waals surface area contributed by atoms with Gasteiger partial charge in [-0.3, -0.25) is 20.2 Å². The molecule has 0 amide bonds. The number of carbonyl (C=O) groups is 2. The van der Waals surface area contributed by atoms with Crippen LogP contribution in [0.5, 0.6) is 34.5 Å². The Bertz CT molecular complexity index is 1750. The summed E-state index contributed by atoms with van der Waals surface area (Å²) in [5.41, 5.74) is -1.01. The highest BCUT2D eigenvalue weighted by atomic mass is 16.6. The average Bonchev–Trinajstić information content (AvgIpc) is 3.05. The summed E-state index contributed by atoms with van der Waals surface area (Å²) in [5, 5.41) is 44.1. The molecule has 15 nitrogen and oxygen atoms in total. The molecular weight excluding hydrogens is 620 g/mol. The van der Waals surface area contributed by atoms with Crippen LogP contribution in [-0.2, 0) is 12.8 Å². The van der Waals surface area contributed by atoms with Gasteiger partial charge in [-0.1, -0.05) is 12.1 Å². The molecule has 15 heteroatoms. The fraction of sp³-hybridized carbons (Fsp3) is 0.188. The predicted molar refractivity (Wildman–Crippen MR) is 165 cm³/mol. The van der Waals surface area contributed by atoms with Crippen molar-refractivity contribution in [2.75, 3.05) is 28.4 Å². The summed E-state index contributed by atoms with van der Waals surface area (Å²) in [6.07, 6.45) is -0.632. The van der Waals surface area contributed by atoms with Crippen LogP contribution < -0.4 is 23.7 Å². The number of nitrogens with zero attached hydrogens (tertiary/aromatic N) is 2. The zero-order chi connectivity index (χ0) is 34.4. The average molecular weight is 649 g/mol. The number of hydrogen-bond acceptors (Lipinski definition) is 11. The highest BCUT2D eigenvalue weighted by Crippen LogP contribution is 2.41. The molecule has 0 bridgehead atoms. The Balaban J connectivity index is 1.90. The molecule has 0 aliphatic heterocycles. The van der Waals surface area contributed by atoms with Crippen molar-refractivity contribution in [2.24, 2.45) is 0 Å². The van der Waals surface area contributed by atoms with Crippen molar-refractivity contribution in [1.82, 2.24) is 0 Å². The first kappa shape index (κ1) is 33.5. The van der Waals surface area contributed by atoms with E-state index in [9.17, 15) is 40.0 Å². The molecule has 4 rings (SSSR count). The van der Waals surface area contributed by atoms with Crippen molar-refractivity contribution in [3.8, 4) is 34.5 Å². The molecular formula is C32H28N2O13. The van der Waals surface area contributed by atoms with Crippen molar-refractivity contribution in [2.45, 2.75) is 12.8 Å². The quantitative estimate of drug-likeness (QED) is 0.121. The molecule has 0 aliphatic carbocycles. The summed E-state index contributed by atoms with van der Waals surface area (Å²) in [4.78, 5) is 47.4. The molecule has 0 aromatic heterocycles. The number of nitro groups is 2. The first-order valence-electron chi connectivity index (χ1n) is 13.6. The van der Waals surface area contributed by atoms with Crippen LogP contribution in [0.3, 0.4) is 0 Å². The van der Waals surface area contributed by atoms with Crippen LogP contribution in [0.1, 0.15) is 43.0 Å². The van der Waals surface area contributed by atoms with E-state index < -0.39 is 21.8 Å². The standard InChI is InChI=1S/C32H28N2O13/c1-43-27-13-17(23(33(39)40)15-29(27)45-3)11-21-19(31(35)36)7-5-9-25(21)47-26-10-6-8-20(32(37)38)22(26)12-18-14-28(44-2)30(46-4)16-24(18)34(41)42/h5-10,13-16H,11-12H2,1-4H3,(H,35,36)(H,37,38). The first-order chi connectivity index (χ1) is 22.4. The normalized spacial score (nSPS) is 10.6. The first-order valence-corrected chi connectivity index (χ1v) is 13.6. The van der Waals surface area contributed by atoms with Gasteiger partial charge in [0.25, 0.3) is 11.4 Å². The van der Waals surface area contributed by atoms with E-state index in [4.69, 9.17) is 23.7 Å². The topological polar surface area (TPSA) is 207 Å². The maximum atomic E-state index is 12.3. The number of benzene rings is 4. The third kappa shape index (κ3) is 6.98. The Morgan fingerprint density at radius 3 is 1.23 bits per heavy atom. The number of carboxylic acid groups (broad SMARTS) is 2. The minimum Gasteiger partial charge on any atom is -0.493 e. The SMILES string of the molecule is COc1cc(Cc2c(Oc3cccc(C(=O)O)c3Cc3cc(OC)c(OC)cc3[N+](=O)[O-])cccc2C(=O)O)c([N+](=O)[O-])cc1OC. The molecule has 0 fully saturated rings. The van der Waals surface area contributed by atoms with E-state index in [2.05, 4.69) is 0 Å². The molecule has 0 spiro atoms. The number of carboxylic acids is 2. The third-order valence-corrected chi connectivity index (χ3v) is 7.24. The van der Waals surface area contributed by atoms with Crippen molar-refractivity contribution >= 4 is 23.3 Å². The molecule has 0 saturated heterocycles. The van der Waals surface area contributed by atoms with Crippen LogP contribution in [0, 0.1) is 20.2 Å². The van der Waals surface area contributed by atoms with Gasteiger partial charge in [0.15, 0.2) is 23.0 Å². The van der Waals surface area contributed by atoms with E-state index in [-0.39, 0.29) is 92.1 Å². The van der Waals surface area contributed by atoms with Crippen molar-refractivity contribution < 1.29 is 53.3 Å². The maximum absolute atomic E-state index is 12.3. The molecule has 4 aromatic rings. The molecule has 4 aromatic carbocycles. The summed E-state index contributed by atoms with van der Waals surface area (Å²) in [7, 11) is 5.30. The van der Waals surface area contributed by atoms with E-state index in [0.717, 1.165) is 12.1 Å². The second kappa shape index (κ2) is 14.2. The molecule has 0 atom stereocenters. The lowest BCUT2D eigenvalue weighted by Crippen LogP contribution is -2.09. The van der Waals surface area contributed by atoms with Crippen LogP contribution in [0.4, 0.5) is 11.4 Å². The molecule has 0 unspecified atom stereocenters. The number of methoxy groups -OCH3 is 4. The summed E-state index contributed by atoms with van der Waals surface area (Å²) in [6.45, 7) is 0. The summed E-state index contributed by atoms with van der Waals surface area (Å²) in [6, 6.07) is 13.2. The number of nitro benzene ring substituents is 2. The van der Waals surface area contributed by atoms with Crippen LogP contribution in [0.25, 0.3) is 0 Å². The van der Waals surface area contributed by atoms with E-state index in [1.54, 1.807) is 0 Å². The maximum Gasteiger partial charge on any atom is 0.336 e. The fourth-order valence-corrected chi connectivity index (χ4v) is 5.03. The molecule has 0 heterocycles. The van der Waals surface area contributed by atoms with Gasteiger partial charge in [-0.25, -0.2) is 9.59 Å². The van der Waals surface area contributed by atoms with Crippen molar-refractivity contribution in [3.63, 3.8) is 0 Å². The van der Waals surface area contributed by atoms with Gasteiger partial charge in [-0.15, -0.1) is 0 Å². The highest BCUT2D eigenvalue weighted by Gasteiger charge is 2.27. The number of hydrogen-bond donors (Lipinski definition) is 2. The summed E-state index contributed by atoms with van der Waals surface area (Å²) >= 11 is 0. The fourth-order valence-electron chi connectivity index (χ4n) is 5.03. The van der Waals surface area contributed by atoms with Crippen molar-refractivity contribution in [1.29, 1.82) is 0 Å². The van der Waals surface area contributed by atoms with E-state index in [1.807, 2.05) is 0 Å². The second-order valence-electron chi connectivity index (χ2n) is 9.82. The van der Waals surface area contributed by atoms with Gasteiger partial charge in [-0.2, -0.15) is 0 Å². The number of aromatic carboxylic acids is 2. The zero-order valence-electron chi connectivity index (χ0n) is 25.5. The summed E-state index contributed by atoms with van der Waals surface area (Å²) < 4.78 is 27.2. The monoisotopic (exact) mass is 648 g/mol. The molecule has 244 valence electrons. The Kier molecular flexibility index (Phi) is 10.1. The molecule has 0 radical (unpaired) electrons. The van der Waals surface area contributed by atoms with E-state index >= 15 is 0 Å². The van der Waals surface area contributed by atoms with Gasteiger partial charge in [-0.05, 0) is 36.4 Å². The third-order valence-electron chi connectivity index (χ3n) is 7.24. The smallest absolute Gasteiger partial charge is 0.336 e. The number of ether oxygens (including phenoxy) is 5. The Labute approximate surface area is 266 Å². The van der Waals surface area contributed by atoms with Gasteiger partial charge in [0.1, 0.15) is 11.5 Å². The van der Waals surface area contributed by atoms with Crippen LogP contribution in [-0.4, -0.2) is 60.4 Å². The lowest BCUT2D eigenvalue weighted by Gasteiger charge is -2.18. The number of rotatable bonds is 14. The van der Waals surface area contributed by atoms with E-state index in [0.29, 0.717) is 0 Å². The highest BCUT2D eigenvalue weighted by molar-refractivity contribution is 5.91. The Morgan fingerprint density at radius 2 is 0.936 bits per heavy atom. The summed E-state index contributed by atoms with van der Waals surface area (Å²) in [5.74, 6) is -2.31. The van der Waals surface area contributed by atoms with E-state index in [1.165, 1.54) is 77.0 Å². The predicted octanol–water partition coefficient (Wildman–Crippen LogP) is 5.91. The van der Waals surface area contributed by atoms with Gasteiger partial charge < -0.3 is 33.9 Å². The van der Waals surface area contributed by atoms with Crippen LogP contribution in [0.15, 0.2) is 60.7 Å². The van der Waals surface area contributed by atoms with Gasteiger partial charge >= 0.3 is 11.9 Å². The minimum atomic E-state index is -1.35. The Hall–Kier alpha value is -6.38. The van der Waals surface area contributed by atoms with Crippen molar-refractivity contribution in [3.05, 3.63) is 114 Å². The molecule has 0 aliphatic rings. The van der Waals surface area contributed by atoms with Gasteiger partial charge in [0.05, 0.1) is 61.5 Å². The lowest BCUT2D eigenvalue weighted by molar-refractivity contribution is -0.385. The van der Waals surface area contributed by atoms with Crippen LogP contribution >= 0.6 is 0 Å². The molecule has 2 N–H and O–H groups in total.